The van der Waals surface area contributed by atoms with Gasteiger partial charge in [0.15, 0.2) is 0 Å². The van der Waals surface area contributed by atoms with Crippen molar-refractivity contribution in [3.8, 4) is 29.4 Å². The molecule has 0 aliphatic carbocycles. The zero-order valence-electron chi connectivity index (χ0n) is 12.9. The fourth-order valence-corrected chi connectivity index (χ4v) is 2.22. The largest absolute Gasteiger partial charge is 0.507 e. The lowest BCUT2D eigenvalue weighted by molar-refractivity contribution is -0.137. The van der Waals surface area contributed by atoms with Crippen LogP contribution < -0.4 is 11.1 Å². The maximum atomic E-state index is 13.4. The molecule has 0 bridgehead atoms. The quantitative estimate of drug-likeness (QED) is 0.727. The van der Waals surface area contributed by atoms with Gasteiger partial charge in [-0.2, -0.15) is 18.3 Å². The third kappa shape index (κ3) is 3.70. The Morgan fingerprint density at radius 3 is 2.52 bits per heavy atom. The number of nitrogens with one attached hydrogen (secondary N) is 1. The van der Waals surface area contributed by atoms with Crippen LogP contribution >= 0.6 is 0 Å². The van der Waals surface area contributed by atoms with Crippen molar-refractivity contribution in [1.29, 1.82) is 0 Å². The number of phenols is 1. The average molecular weight is 350 g/mol. The monoisotopic (exact) mass is 350 g/mol. The number of carbonyl (C=O) groups is 1. The highest BCUT2D eigenvalue weighted by molar-refractivity contribution is 5.81. The second kappa shape index (κ2) is 6.78. The number of alkyl halides is 3. The minimum Gasteiger partial charge on any atom is -0.507 e. The Bertz CT molecular complexity index is 859. The Hall–Kier alpha value is -3.12. The van der Waals surface area contributed by atoms with Gasteiger partial charge in [0.2, 0.25) is 5.91 Å². The third-order valence-corrected chi connectivity index (χ3v) is 3.41. The molecular formula is C16H13F3N4O2. The summed E-state index contributed by atoms with van der Waals surface area (Å²) in [5.74, 6) is 0.884. The molecule has 0 saturated heterocycles. The number of hydrogen-bond acceptors (Lipinski definition) is 5. The number of hydrogen-bond donors (Lipinski definition) is 3. The van der Waals surface area contributed by atoms with Crippen molar-refractivity contribution in [3.63, 3.8) is 0 Å². The van der Waals surface area contributed by atoms with E-state index in [0.29, 0.717) is 11.6 Å². The fourth-order valence-electron chi connectivity index (χ4n) is 2.22. The molecule has 0 saturated carbocycles. The van der Waals surface area contributed by atoms with E-state index in [4.69, 9.17) is 12.2 Å². The molecule has 1 unspecified atom stereocenters. The van der Waals surface area contributed by atoms with Gasteiger partial charge in [-0.25, -0.2) is 0 Å². The molecule has 2 aromatic rings. The van der Waals surface area contributed by atoms with Crippen LogP contribution in [0.3, 0.4) is 0 Å². The second-order valence-electron chi connectivity index (χ2n) is 5.03. The van der Waals surface area contributed by atoms with E-state index in [2.05, 4.69) is 21.4 Å². The molecule has 1 aromatic carbocycles. The number of nitrogens with two attached hydrogens (primary N) is 1. The van der Waals surface area contributed by atoms with Crippen molar-refractivity contribution in [2.45, 2.75) is 12.2 Å². The summed E-state index contributed by atoms with van der Waals surface area (Å²) in [4.78, 5) is 11.3. The van der Waals surface area contributed by atoms with E-state index in [0.717, 1.165) is 6.07 Å². The van der Waals surface area contributed by atoms with Gasteiger partial charge < -0.3 is 16.2 Å². The van der Waals surface area contributed by atoms with Crippen LogP contribution in [-0.2, 0) is 11.0 Å². The molecule has 0 fully saturated rings. The van der Waals surface area contributed by atoms with E-state index >= 15 is 0 Å². The normalized spacial score (nSPS) is 12.4. The maximum Gasteiger partial charge on any atom is 0.418 e. The van der Waals surface area contributed by atoms with Crippen LogP contribution in [0.25, 0.3) is 11.3 Å². The summed E-state index contributed by atoms with van der Waals surface area (Å²) >= 11 is 0. The highest BCUT2D eigenvalue weighted by atomic mass is 19.4. The molecule has 1 heterocycles. The lowest BCUT2D eigenvalue weighted by Crippen LogP contribution is -2.32. The second-order valence-corrected chi connectivity index (χ2v) is 5.03. The zero-order chi connectivity index (χ0) is 18.8. The number of halogens is 3. The van der Waals surface area contributed by atoms with E-state index in [-0.39, 0.29) is 11.3 Å². The lowest BCUT2D eigenvalue weighted by atomic mass is 10.0. The van der Waals surface area contributed by atoms with Crippen molar-refractivity contribution in [2.75, 3.05) is 7.05 Å². The summed E-state index contributed by atoms with van der Waals surface area (Å²) in [7, 11) is 1.35. The van der Waals surface area contributed by atoms with Gasteiger partial charge in [0.05, 0.1) is 11.3 Å². The first-order valence-corrected chi connectivity index (χ1v) is 6.90. The van der Waals surface area contributed by atoms with Gasteiger partial charge in [-0.3, -0.25) is 4.79 Å². The van der Waals surface area contributed by atoms with Gasteiger partial charge >= 0.3 is 6.18 Å². The van der Waals surface area contributed by atoms with Crippen molar-refractivity contribution in [2.24, 2.45) is 5.73 Å². The van der Waals surface area contributed by atoms with Crippen LogP contribution in [0.2, 0.25) is 0 Å². The van der Waals surface area contributed by atoms with Gasteiger partial charge in [-0.05, 0) is 31.3 Å². The van der Waals surface area contributed by atoms with E-state index in [1.54, 1.807) is 0 Å². The van der Waals surface area contributed by atoms with E-state index in [1.165, 1.54) is 19.2 Å². The standard InChI is InChI=1S/C16H13F3N4O2/c1-3-8-4-5-9(12(24)6-8)13-10(16(17,18)19)7-11(22-23-13)14(21-2)15(20)25/h1,4-7,14,21,24H,2H3,(H2,20,25). The van der Waals surface area contributed by atoms with E-state index < -0.39 is 35.1 Å². The van der Waals surface area contributed by atoms with Crippen molar-refractivity contribution in [3.05, 3.63) is 41.1 Å². The Morgan fingerprint density at radius 1 is 1.36 bits per heavy atom. The molecule has 4 N–H and O–H groups in total. The molecule has 2 rings (SSSR count). The number of benzene rings is 1. The molecule has 0 radical (unpaired) electrons. The first kappa shape index (κ1) is 18.2. The number of likely N-dealkylation sites (N-methyl/N-ethyl adjacent to an activating group) is 1. The molecule has 130 valence electrons. The number of carbonyl (C=O) groups excluding carboxylic acids is 1. The Kier molecular flexibility index (Phi) is 4.94. The highest BCUT2D eigenvalue weighted by Crippen LogP contribution is 2.39. The molecule has 1 amide bonds. The Morgan fingerprint density at radius 2 is 2.04 bits per heavy atom. The first-order chi connectivity index (χ1) is 11.7. The summed E-state index contributed by atoms with van der Waals surface area (Å²) in [6, 6.07) is 3.16. The smallest absolute Gasteiger partial charge is 0.418 e. The SMILES string of the molecule is C#Cc1ccc(-c2nnc(C(NC)C(N)=O)cc2C(F)(F)F)c(O)c1. The average Bonchev–Trinajstić information content (AvgIpc) is 2.54. The van der Waals surface area contributed by atoms with Gasteiger partial charge in [-0.15, -0.1) is 11.5 Å². The number of phenolic OH excluding ortho intramolecular Hbond substituents is 1. The van der Waals surface area contributed by atoms with Crippen molar-refractivity contribution >= 4 is 5.91 Å². The summed E-state index contributed by atoms with van der Waals surface area (Å²) < 4.78 is 40.3. The fraction of sp³-hybridized carbons (Fsp3) is 0.188. The minimum absolute atomic E-state index is 0.189. The molecule has 6 nitrogen and oxygen atoms in total. The number of aromatic nitrogens is 2. The predicted molar refractivity (Wildman–Crippen MR) is 83.1 cm³/mol. The topological polar surface area (TPSA) is 101 Å². The Labute approximate surface area is 140 Å². The van der Waals surface area contributed by atoms with Crippen LogP contribution in [0.15, 0.2) is 24.3 Å². The molecule has 0 aliphatic rings. The van der Waals surface area contributed by atoms with Gasteiger partial charge in [0.1, 0.15) is 17.5 Å². The molecule has 0 aliphatic heterocycles. The maximum absolute atomic E-state index is 13.4. The van der Waals surface area contributed by atoms with Crippen molar-refractivity contribution < 1.29 is 23.1 Å². The summed E-state index contributed by atoms with van der Waals surface area (Å²) in [5.41, 5.74) is 3.20. The molecule has 0 spiro atoms. The van der Waals surface area contributed by atoms with Gasteiger partial charge in [-0.1, -0.05) is 5.92 Å². The lowest BCUT2D eigenvalue weighted by Gasteiger charge is -2.16. The summed E-state index contributed by atoms with van der Waals surface area (Å²) in [5, 5.41) is 19.6. The molecule has 25 heavy (non-hydrogen) atoms. The predicted octanol–water partition coefficient (Wildman–Crippen LogP) is 1.60. The first-order valence-electron chi connectivity index (χ1n) is 6.90. The number of rotatable bonds is 4. The molecule has 1 aromatic heterocycles. The van der Waals surface area contributed by atoms with Gasteiger partial charge in [0, 0.05) is 11.1 Å². The number of terminal acetylenes is 1. The number of primary amides is 1. The highest BCUT2D eigenvalue weighted by Gasteiger charge is 2.37. The Balaban J connectivity index is 2.67. The van der Waals surface area contributed by atoms with E-state index in [1.807, 2.05) is 0 Å². The van der Waals surface area contributed by atoms with Crippen molar-refractivity contribution in [1.82, 2.24) is 15.5 Å². The summed E-state index contributed by atoms with van der Waals surface area (Å²) in [6.45, 7) is 0. The van der Waals surface area contributed by atoms with Crippen LogP contribution in [-0.4, -0.2) is 28.3 Å². The summed E-state index contributed by atoms with van der Waals surface area (Å²) in [6.07, 6.45) is 0.385. The van der Waals surface area contributed by atoms with Gasteiger partial charge in [0.25, 0.3) is 0 Å². The third-order valence-electron chi connectivity index (χ3n) is 3.41. The molecule has 9 heteroatoms. The van der Waals surface area contributed by atoms with Crippen LogP contribution in [0, 0.1) is 12.3 Å². The number of nitrogens with zero attached hydrogens (tertiary/aromatic N) is 2. The van der Waals surface area contributed by atoms with Crippen LogP contribution in [0.4, 0.5) is 13.2 Å². The minimum atomic E-state index is -4.80. The van der Waals surface area contributed by atoms with Crippen LogP contribution in [0.1, 0.15) is 22.9 Å². The molecule has 1 atom stereocenters. The van der Waals surface area contributed by atoms with Crippen LogP contribution in [0.5, 0.6) is 5.75 Å². The number of aromatic hydroxyl groups is 1. The zero-order valence-corrected chi connectivity index (χ0v) is 12.9. The van der Waals surface area contributed by atoms with E-state index in [9.17, 15) is 23.1 Å². The molecular weight excluding hydrogens is 337 g/mol. The number of amides is 1.